The first-order valence-corrected chi connectivity index (χ1v) is 2.99. The van der Waals surface area contributed by atoms with E-state index in [1.54, 1.807) is 12.4 Å². The van der Waals surface area contributed by atoms with Crippen LogP contribution in [0.4, 0.5) is 0 Å². The van der Waals surface area contributed by atoms with Crippen LogP contribution in [0.1, 0.15) is 0 Å². The number of fused-ring (bicyclic) bond motifs is 1. The molecule has 10 heavy (non-hydrogen) atoms. The van der Waals surface area contributed by atoms with Crippen LogP contribution in [0.15, 0.2) is 28.9 Å². The van der Waals surface area contributed by atoms with Crippen LogP contribution in [-0.2, 0) is 0 Å². The minimum absolute atomic E-state index is 0.778. The van der Waals surface area contributed by atoms with Crippen molar-refractivity contribution in [2.75, 3.05) is 0 Å². The van der Waals surface area contributed by atoms with Crippen molar-refractivity contribution in [1.82, 2.24) is 5.32 Å². The quantitative estimate of drug-likeness (QED) is 0.515. The Morgan fingerprint density at radius 2 is 2.60 bits per heavy atom. The summed E-state index contributed by atoms with van der Waals surface area (Å²) in [5.74, 6) is 0. The van der Waals surface area contributed by atoms with Crippen LogP contribution in [0.3, 0.4) is 0 Å². The van der Waals surface area contributed by atoms with E-state index in [1.807, 2.05) is 12.2 Å². The molecule has 1 unspecified atom stereocenters. The van der Waals surface area contributed by atoms with Gasteiger partial charge in [-0.15, -0.1) is 0 Å². The molecule has 0 amide bonds. The number of nitriles is 1. The summed E-state index contributed by atoms with van der Waals surface area (Å²) >= 11 is 0. The van der Waals surface area contributed by atoms with E-state index in [4.69, 9.17) is 5.26 Å². The van der Waals surface area contributed by atoms with E-state index in [0.717, 1.165) is 5.57 Å². The van der Waals surface area contributed by atoms with E-state index in [1.165, 1.54) is 0 Å². The molecular formula is C7H5N3. The monoisotopic (exact) mass is 131 g/mol. The van der Waals surface area contributed by atoms with Crippen molar-refractivity contribution in [3.05, 3.63) is 23.9 Å². The molecule has 0 saturated heterocycles. The standard InChI is InChI=1S/C7H5N3/c8-5-7-6(1-3-9-7)2-4-10-7/h1-4,9H. The lowest BCUT2D eigenvalue weighted by Crippen LogP contribution is -2.34. The molecule has 0 spiro atoms. The molecule has 0 aromatic carbocycles. The smallest absolute Gasteiger partial charge is 0.243 e. The first-order valence-electron chi connectivity index (χ1n) is 2.99. The minimum atomic E-state index is -0.778. The molecule has 2 rings (SSSR count). The molecule has 0 aliphatic carbocycles. The Labute approximate surface area is 58.4 Å². The normalized spacial score (nSPS) is 32.9. The Bertz CT molecular complexity index is 292. The van der Waals surface area contributed by atoms with Crippen LogP contribution in [0, 0.1) is 11.3 Å². The summed E-state index contributed by atoms with van der Waals surface area (Å²) in [6, 6.07) is 2.10. The Morgan fingerprint density at radius 3 is 3.30 bits per heavy atom. The number of allylic oxidation sites excluding steroid dienone is 1. The number of aliphatic imine (C=N–C) groups is 1. The van der Waals surface area contributed by atoms with Gasteiger partial charge in [0.25, 0.3) is 0 Å². The fourth-order valence-corrected chi connectivity index (χ4v) is 1.10. The highest BCUT2D eigenvalue weighted by atomic mass is 15.2. The van der Waals surface area contributed by atoms with E-state index in [-0.39, 0.29) is 0 Å². The van der Waals surface area contributed by atoms with Gasteiger partial charge in [-0.05, 0) is 12.2 Å². The van der Waals surface area contributed by atoms with Gasteiger partial charge in [-0.3, -0.25) is 0 Å². The van der Waals surface area contributed by atoms with E-state index < -0.39 is 5.66 Å². The molecule has 0 bridgehead atoms. The van der Waals surface area contributed by atoms with Gasteiger partial charge in [0.2, 0.25) is 5.66 Å². The van der Waals surface area contributed by atoms with E-state index in [9.17, 15) is 0 Å². The van der Waals surface area contributed by atoms with Crippen molar-refractivity contribution in [2.24, 2.45) is 4.99 Å². The largest absolute Gasteiger partial charge is 0.352 e. The van der Waals surface area contributed by atoms with Gasteiger partial charge >= 0.3 is 0 Å². The molecule has 0 aromatic rings. The molecule has 3 heteroatoms. The summed E-state index contributed by atoms with van der Waals surface area (Å²) < 4.78 is 0. The van der Waals surface area contributed by atoms with Crippen LogP contribution >= 0.6 is 0 Å². The predicted molar refractivity (Wildman–Crippen MR) is 37.2 cm³/mol. The molecule has 0 aromatic heterocycles. The van der Waals surface area contributed by atoms with Gasteiger partial charge in [0, 0.05) is 18.0 Å². The molecule has 0 radical (unpaired) electrons. The van der Waals surface area contributed by atoms with E-state index in [0.29, 0.717) is 0 Å². The molecule has 1 N–H and O–H groups in total. The second-order valence-electron chi connectivity index (χ2n) is 2.20. The zero-order chi connectivity index (χ0) is 7.03. The number of nitrogens with zero attached hydrogens (tertiary/aromatic N) is 2. The first-order chi connectivity index (χ1) is 4.87. The molecule has 0 saturated carbocycles. The summed E-state index contributed by atoms with van der Waals surface area (Å²) in [7, 11) is 0. The highest BCUT2D eigenvalue weighted by Crippen LogP contribution is 2.26. The molecule has 0 fully saturated rings. The zero-order valence-electron chi connectivity index (χ0n) is 5.20. The lowest BCUT2D eigenvalue weighted by atomic mass is 10.1. The van der Waals surface area contributed by atoms with Gasteiger partial charge in [0.15, 0.2) is 0 Å². The number of hydrogen-bond acceptors (Lipinski definition) is 3. The molecule has 3 nitrogen and oxygen atoms in total. The summed E-state index contributed by atoms with van der Waals surface area (Å²) in [5.41, 5.74) is 0.148. The third-order valence-electron chi connectivity index (χ3n) is 1.66. The van der Waals surface area contributed by atoms with Crippen LogP contribution < -0.4 is 5.32 Å². The lowest BCUT2D eigenvalue weighted by molar-refractivity contribution is 0.617. The van der Waals surface area contributed by atoms with Crippen molar-refractivity contribution in [3.63, 3.8) is 0 Å². The van der Waals surface area contributed by atoms with E-state index in [2.05, 4.69) is 16.4 Å². The SMILES string of the molecule is N#CC12N=CC=C1C=CN2. The van der Waals surface area contributed by atoms with Gasteiger partial charge in [-0.2, -0.15) is 5.26 Å². The maximum Gasteiger partial charge on any atom is 0.243 e. The lowest BCUT2D eigenvalue weighted by Gasteiger charge is -2.13. The molecule has 2 aliphatic rings. The van der Waals surface area contributed by atoms with Crippen LogP contribution in [0.5, 0.6) is 0 Å². The van der Waals surface area contributed by atoms with Gasteiger partial charge in [0.1, 0.15) is 6.07 Å². The fraction of sp³-hybridized carbons (Fsp3) is 0.143. The van der Waals surface area contributed by atoms with Gasteiger partial charge < -0.3 is 5.32 Å². The summed E-state index contributed by atoms with van der Waals surface area (Å²) in [6.07, 6.45) is 7.08. The summed E-state index contributed by atoms with van der Waals surface area (Å²) in [6.45, 7) is 0. The zero-order valence-corrected chi connectivity index (χ0v) is 5.20. The molecule has 2 aliphatic heterocycles. The number of nitrogens with one attached hydrogen (secondary N) is 1. The van der Waals surface area contributed by atoms with Gasteiger partial charge in [-0.1, -0.05) is 0 Å². The highest BCUT2D eigenvalue weighted by Gasteiger charge is 2.36. The van der Waals surface area contributed by atoms with Crippen molar-refractivity contribution >= 4 is 6.21 Å². The van der Waals surface area contributed by atoms with Crippen molar-refractivity contribution in [2.45, 2.75) is 5.66 Å². The Morgan fingerprint density at radius 1 is 1.70 bits per heavy atom. The maximum atomic E-state index is 8.72. The van der Waals surface area contributed by atoms with Crippen molar-refractivity contribution in [3.8, 4) is 6.07 Å². The number of rotatable bonds is 0. The molecule has 1 atom stereocenters. The number of hydrogen-bond donors (Lipinski definition) is 1. The van der Waals surface area contributed by atoms with Crippen LogP contribution in [0.2, 0.25) is 0 Å². The Balaban J connectivity index is 2.52. The second kappa shape index (κ2) is 1.48. The third kappa shape index (κ3) is 0.415. The second-order valence-corrected chi connectivity index (χ2v) is 2.20. The Hall–Kier alpha value is -1.56. The minimum Gasteiger partial charge on any atom is -0.352 e. The fourth-order valence-electron chi connectivity index (χ4n) is 1.10. The van der Waals surface area contributed by atoms with E-state index >= 15 is 0 Å². The maximum absolute atomic E-state index is 8.72. The van der Waals surface area contributed by atoms with Crippen molar-refractivity contribution in [1.29, 1.82) is 5.26 Å². The molecule has 48 valence electrons. The third-order valence-corrected chi connectivity index (χ3v) is 1.66. The topological polar surface area (TPSA) is 48.2 Å². The first kappa shape index (κ1) is 5.24. The van der Waals surface area contributed by atoms with Crippen LogP contribution in [0.25, 0.3) is 0 Å². The summed E-state index contributed by atoms with van der Waals surface area (Å²) in [5, 5.41) is 11.6. The average molecular weight is 131 g/mol. The highest BCUT2D eigenvalue weighted by molar-refractivity contribution is 5.80. The average Bonchev–Trinajstić information content (AvgIpc) is 2.42. The predicted octanol–water partition coefficient (Wildman–Crippen LogP) is 0.334. The van der Waals surface area contributed by atoms with Crippen LogP contribution in [-0.4, -0.2) is 11.9 Å². The Kier molecular flexibility index (Phi) is 0.776. The summed E-state index contributed by atoms with van der Waals surface area (Å²) in [4.78, 5) is 4.00. The van der Waals surface area contributed by atoms with Gasteiger partial charge in [0.05, 0.1) is 0 Å². The van der Waals surface area contributed by atoms with Crippen molar-refractivity contribution < 1.29 is 0 Å². The molecule has 2 heterocycles. The molecular weight excluding hydrogens is 126 g/mol. The van der Waals surface area contributed by atoms with Gasteiger partial charge in [-0.25, -0.2) is 4.99 Å².